The Balaban J connectivity index is 1.95. The van der Waals surface area contributed by atoms with Gasteiger partial charge < -0.3 is 30.9 Å². The monoisotopic (exact) mass is 546 g/mol. The summed E-state index contributed by atoms with van der Waals surface area (Å²) in [6.07, 6.45) is 12.0. The lowest BCUT2D eigenvalue weighted by Gasteiger charge is -2.26. The summed E-state index contributed by atoms with van der Waals surface area (Å²) >= 11 is 0. The third kappa shape index (κ3) is 7.63. The number of allylic oxidation sites excluding steroid dienone is 3. The first-order valence-corrected chi connectivity index (χ1v) is 13.5. The maximum atomic E-state index is 12.3. The fraction of sp³-hybridized carbons (Fsp3) is 0.367. The molecule has 10 heteroatoms. The first-order valence-electron chi connectivity index (χ1n) is 13.5. The van der Waals surface area contributed by atoms with Crippen LogP contribution in [0.5, 0.6) is 5.75 Å². The Kier molecular flexibility index (Phi) is 10.7. The Morgan fingerprint density at radius 2 is 2.02 bits per heavy atom. The maximum absolute atomic E-state index is 12.3. The van der Waals surface area contributed by atoms with E-state index in [2.05, 4.69) is 64.3 Å². The number of guanidine groups is 1. The molecule has 0 fully saturated rings. The summed E-state index contributed by atoms with van der Waals surface area (Å²) in [6.45, 7) is 12.6. The van der Waals surface area contributed by atoms with E-state index in [1.807, 2.05) is 57.0 Å². The summed E-state index contributed by atoms with van der Waals surface area (Å²) in [4.78, 5) is 21.3. The van der Waals surface area contributed by atoms with E-state index < -0.39 is 0 Å². The van der Waals surface area contributed by atoms with Crippen LogP contribution in [0.2, 0.25) is 0 Å². The van der Waals surface area contributed by atoms with Gasteiger partial charge in [0.15, 0.2) is 5.96 Å². The average Bonchev–Trinajstić information content (AvgIpc) is 3.15. The van der Waals surface area contributed by atoms with Crippen molar-refractivity contribution in [2.45, 2.75) is 27.2 Å². The topological polar surface area (TPSA) is 113 Å². The van der Waals surface area contributed by atoms with E-state index in [9.17, 15) is 4.79 Å². The summed E-state index contributed by atoms with van der Waals surface area (Å²) in [5.41, 5.74) is 12.3. The van der Waals surface area contributed by atoms with Gasteiger partial charge in [-0.2, -0.15) is 5.10 Å². The minimum absolute atomic E-state index is 0.196. The Labute approximate surface area is 237 Å². The van der Waals surface area contributed by atoms with Crippen LogP contribution < -0.4 is 26.0 Å². The summed E-state index contributed by atoms with van der Waals surface area (Å²) < 4.78 is 7.83. The molecule has 214 valence electrons. The van der Waals surface area contributed by atoms with E-state index in [1.54, 1.807) is 0 Å². The van der Waals surface area contributed by atoms with Gasteiger partial charge in [-0.15, -0.1) is 0 Å². The van der Waals surface area contributed by atoms with Crippen molar-refractivity contribution in [3.63, 3.8) is 0 Å². The molecule has 1 aromatic heterocycles. The second kappa shape index (κ2) is 14.2. The van der Waals surface area contributed by atoms with Crippen LogP contribution in [0.3, 0.4) is 0 Å². The molecule has 3 rings (SSSR count). The number of amides is 1. The average molecular weight is 547 g/mol. The molecular formula is C30H42N8O2. The Hall–Kier alpha value is -4.31. The molecule has 1 heterocycles. The molecule has 1 amide bonds. The zero-order valence-electron chi connectivity index (χ0n) is 24.5. The fourth-order valence-electron chi connectivity index (χ4n) is 4.26. The van der Waals surface area contributed by atoms with Gasteiger partial charge in [-0.05, 0) is 63.7 Å². The normalized spacial score (nSPS) is 13.4. The van der Waals surface area contributed by atoms with Crippen LogP contribution in [-0.2, 0) is 11.8 Å². The number of aryl methyl sites for hydroxylation is 1. The lowest BCUT2D eigenvalue weighted by atomic mass is 10.1. The molecule has 0 atom stereocenters. The van der Waals surface area contributed by atoms with E-state index in [1.165, 1.54) is 6.08 Å². The highest BCUT2D eigenvalue weighted by atomic mass is 16.5. The van der Waals surface area contributed by atoms with Gasteiger partial charge in [0.25, 0.3) is 0 Å². The number of aliphatic imine (C=N–C) groups is 1. The highest BCUT2D eigenvalue weighted by molar-refractivity contribution is 6.03. The Morgan fingerprint density at radius 1 is 1.25 bits per heavy atom. The van der Waals surface area contributed by atoms with Crippen molar-refractivity contribution in [1.82, 2.24) is 14.7 Å². The number of hydrogen-bond acceptors (Lipinski definition) is 6. The van der Waals surface area contributed by atoms with Gasteiger partial charge in [-0.3, -0.25) is 9.48 Å². The van der Waals surface area contributed by atoms with E-state index in [-0.39, 0.29) is 11.9 Å². The van der Waals surface area contributed by atoms with Crippen molar-refractivity contribution < 1.29 is 9.53 Å². The van der Waals surface area contributed by atoms with Crippen LogP contribution in [0.1, 0.15) is 38.4 Å². The van der Waals surface area contributed by atoms with Crippen LogP contribution >= 0.6 is 0 Å². The molecule has 1 aliphatic rings. The minimum Gasteiger partial charge on any atom is -0.492 e. The zero-order chi connectivity index (χ0) is 29.2. The van der Waals surface area contributed by atoms with Crippen LogP contribution in [0.15, 0.2) is 59.4 Å². The molecule has 10 nitrogen and oxygen atoms in total. The molecular weight excluding hydrogens is 504 g/mol. The molecule has 0 bridgehead atoms. The molecule has 4 N–H and O–H groups in total. The molecule has 1 aliphatic carbocycles. The molecule has 0 aliphatic heterocycles. The number of ether oxygens (including phenoxy) is 1. The van der Waals surface area contributed by atoms with Crippen molar-refractivity contribution in [2.75, 3.05) is 55.9 Å². The highest BCUT2D eigenvalue weighted by Gasteiger charge is 2.17. The SMILES string of the molecule is C=CC(=O)Nc1cc(NC(N)=N/C(=C\C)C2=Cc3cnn(C)c3C=CC2)c(OCC)cc1N(C)CCN(C)CC. The molecule has 2 aromatic rings. The van der Waals surface area contributed by atoms with E-state index in [0.29, 0.717) is 30.2 Å². The summed E-state index contributed by atoms with van der Waals surface area (Å²) in [5, 5.41) is 10.5. The lowest BCUT2D eigenvalue weighted by Crippen LogP contribution is -2.31. The van der Waals surface area contributed by atoms with Gasteiger partial charge >= 0.3 is 0 Å². The van der Waals surface area contributed by atoms with Crippen molar-refractivity contribution in [1.29, 1.82) is 0 Å². The molecule has 0 radical (unpaired) electrons. The van der Waals surface area contributed by atoms with Crippen molar-refractivity contribution in [3.05, 3.63) is 65.7 Å². The second-order valence-corrected chi connectivity index (χ2v) is 9.49. The number of nitrogens with one attached hydrogen (secondary N) is 2. The largest absolute Gasteiger partial charge is 0.492 e. The predicted molar refractivity (Wildman–Crippen MR) is 167 cm³/mol. The van der Waals surface area contributed by atoms with E-state index >= 15 is 0 Å². The number of nitrogens with zero attached hydrogens (tertiary/aromatic N) is 5. The number of carbonyl (C=O) groups excluding carboxylic acids is 1. The highest BCUT2D eigenvalue weighted by Crippen LogP contribution is 2.37. The molecule has 0 unspecified atom stereocenters. The van der Waals surface area contributed by atoms with Crippen molar-refractivity contribution in [3.8, 4) is 5.75 Å². The Bertz CT molecular complexity index is 1340. The van der Waals surface area contributed by atoms with Gasteiger partial charge in [0.1, 0.15) is 5.75 Å². The number of hydrogen-bond donors (Lipinski definition) is 3. The van der Waals surface area contributed by atoms with Crippen molar-refractivity contribution >= 4 is 41.1 Å². The smallest absolute Gasteiger partial charge is 0.247 e. The van der Waals surface area contributed by atoms with Crippen LogP contribution in [0, 0.1) is 0 Å². The van der Waals surface area contributed by atoms with Gasteiger partial charge in [0.2, 0.25) is 5.91 Å². The molecule has 0 saturated heterocycles. The zero-order valence-corrected chi connectivity index (χ0v) is 24.5. The number of likely N-dealkylation sites (N-methyl/N-ethyl adjacent to an activating group) is 2. The number of anilines is 3. The molecule has 0 spiro atoms. The maximum Gasteiger partial charge on any atom is 0.247 e. The van der Waals surface area contributed by atoms with Crippen LogP contribution in [0.4, 0.5) is 17.1 Å². The minimum atomic E-state index is -0.309. The van der Waals surface area contributed by atoms with Gasteiger partial charge in [-0.1, -0.05) is 25.7 Å². The summed E-state index contributed by atoms with van der Waals surface area (Å²) in [5.74, 6) is 0.485. The van der Waals surface area contributed by atoms with Gasteiger partial charge in [0, 0.05) is 38.8 Å². The van der Waals surface area contributed by atoms with Gasteiger partial charge in [-0.25, -0.2) is 4.99 Å². The second-order valence-electron chi connectivity index (χ2n) is 9.49. The third-order valence-corrected chi connectivity index (χ3v) is 6.67. The summed E-state index contributed by atoms with van der Waals surface area (Å²) in [7, 11) is 5.99. The third-order valence-electron chi connectivity index (χ3n) is 6.67. The van der Waals surface area contributed by atoms with E-state index in [4.69, 9.17) is 15.5 Å². The quantitative estimate of drug-likeness (QED) is 0.205. The number of rotatable bonds is 12. The van der Waals surface area contributed by atoms with Crippen LogP contribution in [-0.4, -0.2) is 66.9 Å². The lowest BCUT2D eigenvalue weighted by molar-refractivity contribution is -0.111. The fourth-order valence-corrected chi connectivity index (χ4v) is 4.26. The van der Waals surface area contributed by atoms with E-state index in [0.717, 1.165) is 47.8 Å². The number of nitrogens with two attached hydrogens (primary N) is 1. The molecule has 0 saturated carbocycles. The Morgan fingerprint density at radius 3 is 2.70 bits per heavy atom. The summed E-state index contributed by atoms with van der Waals surface area (Å²) in [6, 6.07) is 3.72. The predicted octanol–water partition coefficient (Wildman–Crippen LogP) is 4.46. The number of benzene rings is 1. The first kappa shape index (κ1) is 30.2. The van der Waals surface area contributed by atoms with Crippen LogP contribution in [0.25, 0.3) is 12.2 Å². The molecule has 1 aromatic carbocycles. The first-order chi connectivity index (χ1) is 19.2. The number of carbonyl (C=O) groups is 1. The molecule has 40 heavy (non-hydrogen) atoms. The number of aromatic nitrogens is 2. The van der Waals surface area contributed by atoms with Gasteiger partial charge in [0.05, 0.1) is 41.3 Å². The standard InChI is InChI=1S/C30H42N8O2/c1-8-23(21-13-12-14-26-22(17-21)20-32-38(26)7)34-30(31)35-25-18-24(33-29(39)9-2)27(19-28(25)40-11-4)37(6)16-15-36(5)10-3/h8-9,12,14,17-20H,2,10-11,13,15-16H2,1,3-7H3,(H,33,39)(H3,31,34,35)/b23-8-. The number of fused-ring (bicyclic) bond motifs is 1. The van der Waals surface area contributed by atoms with Crippen molar-refractivity contribution in [2.24, 2.45) is 17.8 Å².